The molecule has 0 saturated heterocycles. The van der Waals surface area contributed by atoms with Crippen LogP contribution in [0.1, 0.15) is 49.5 Å². The minimum atomic E-state index is 0.299. The van der Waals surface area contributed by atoms with Crippen molar-refractivity contribution in [2.24, 2.45) is 0 Å². The van der Waals surface area contributed by atoms with Crippen molar-refractivity contribution in [1.29, 1.82) is 0 Å². The summed E-state index contributed by atoms with van der Waals surface area (Å²) in [5.74, 6) is 1.65. The fourth-order valence-corrected chi connectivity index (χ4v) is 3.03. The first kappa shape index (κ1) is 13.1. The molecule has 3 nitrogen and oxygen atoms in total. The molecule has 1 fully saturated rings. The molecule has 0 amide bonds. The van der Waals surface area contributed by atoms with E-state index in [1.165, 1.54) is 29.9 Å². The maximum Gasteiger partial charge on any atom is 0.203 e. The molecule has 0 bridgehead atoms. The summed E-state index contributed by atoms with van der Waals surface area (Å²) in [5, 5.41) is 4.44. The largest absolute Gasteiger partial charge is 0.353 e. The zero-order valence-electron chi connectivity index (χ0n) is 10.8. The second kappa shape index (κ2) is 5.59. The van der Waals surface area contributed by atoms with Crippen molar-refractivity contribution in [3.63, 3.8) is 0 Å². The third-order valence-electron chi connectivity index (χ3n) is 3.36. The lowest BCUT2D eigenvalue weighted by Crippen LogP contribution is -2.09. The van der Waals surface area contributed by atoms with Gasteiger partial charge in [0, 0.05) is 21.9 Å². The van der Waals surface area contributed by atoms with Gasteiger partial charge in [0.25, 0.3) is 0 Å². The number of nitrogens with one attached hydrogen (secondary N) is 1. The summed E-state index contributed by atoms with van der Waals surface area (Å²) in [6.45, 7) is 2.18. The third-order valence-corrected chi connectivity index (χ3v) is 4.55. The molecule has 1 unspecified atom stereocenters. The quantitative estimate of drug-likeness (QED) is 0.856. The summed E-state index contributed by atoms with van der Waals surface area (Å²) in [6, 6.07) is 8.75. The van der Waals surface area contributed by atoms with E-state index in [9.17, 15) is 0 Å². The summed E-state index contributed by atoms with van der Waals surface area (Å²) < 4.78 is 5.54. The van der Waals surface area contributed by atoms with Crippen LogP contribution < -0.4 is 5.32 Å². The van der Waals surface area contributed by atoms with Gasteiger partial charge in [-0.05, 0) is 37.0 Å². The van der Waals surface area contributed by atoms with Crippen molar-refractivity contribution in [3.8, 4) is 0 Å². The fraction of sp³-hybridized carbons (Fsp3) is 0.429. The molecule has 0 spiro atoms. The summed E-state index contributed by atoms with van der Waals surface area (Å²) in [7, 11) is 0. The standard InChI is InChI=1S/C14H16BrN3S/c1-2-12(9-5-7-11(15)8-6-9)16-14-17-13(18-19-14)10-3-4-10/h5-8,10,12H,2-4H2,1H3,(H,16,17,18). The highest BCUT2D eigenvalue weighted by molar-refractivity contribution is 9.10. The van der Waals surface area contributed by atoms with Crippen molar-refractivity contribution in [2.45, 2.75) is 38.1 Å². The van der Waals surface area contributed by atoms with Crippen LogP contribution in [-0.2, 0) is 0 Å². The van der Waals surface area contributed by atoms with Gasteiger partial charge in [-0.25, -0.2) is 4.98 Å². The van der Waals surface area contributed by atoms with Crippen molar-refractivity contribution in [2.75, 3.05) is 5.32 Å². The molecule has 1 saturated carbocycles. The van der Waals surface area contributed by atoms with Crippen LogP contribution >= 0.6 is 27.5 Å². The SMILES string of the molecule is CCC(Nc1nc(C2CC2)ns1)c1ccc(Br)cc1. The number of nitrogens with zero attached hydrogens (tertiary/aromatic N) is 2. The topological polar surface area (TPSA) is 37.8 Å². The van der Waals surface area contributed by atoms with E-state index in [4.69, 9.17) is 0 Å². The Morgan fingerprint density at radius 1 is 1.37 bits per heavy atom. The van der Waals surface area contributed by atoms with Crippen molar-refractivity contribution < 1.29 is 0 Å². The van der Waals surface area contributed by atoms with E-state index in [-0.39, 0.29) is 0 Å². The van der Waals surface area contributed by atoms with Crippen LogP contribution in [0.4, 0.5) is 5.13 Å². The average molecular weight is 338 g/mol. The Bertz CT molecular complexity index is 548. The van der Waals surface area contributed by atoms with Crippen LogP contribution in [-0.4, -0.2) is 9.36 Å². The lowest BCUT2D eigenvalue weighted by molar-refractivity contribution is 0.747. The molecule has 19 heavy (non-hydrogen) atoms. The molecule has 1 aliphatic rings. The molecule has 5 heteroatoms. The summed E-state index contributed by atoms with van der Waals surface area (Å²) >= 11 is 4.95. The fourth-order valence-electron chi connectivity index (χ4n) is 2.07. The monoisotopic (exact) mass is 337 g/mol. The number of aromatic nitrogens is 2. The van der Waals surface area contributed by atoms with Gasteiger partial charge in [0.2, 0.25) is 5.13 Å². The Hall–Kier alpha value is -0.940. The molecule has 2 aromatic rings. The molecule has 1 atom stereocenters. The second-order valence-electron chi connectivity index (χ2n) is 4.89. The number of hydrogen-bond donors (Lipinski definition) is 1. The van der Waals surface area contributed by atoms with E-state index in [0.29, 0.717) is 12.0 Å². The molecule has 1 aliphatic carbocycles. The predicted molar refractivity (Wildman–Crippen MR) is 82.7 cm³/mol. The zero-order chi connectivity index (χ0) is 13.2. The Morgan fingerprint density at radius 3 is 2.74 bits per heavy atom. The molecule has 100 valence electrons. The van der Waals surface area contributed by atoms with Crippen molar-refractivity contribution in [1.82, 2.24) is 9.36 Å². The molecule has 1 aromatic carbocycles. The Labute approximate surface area is 125 Å². The van der Waals surface area contributed by atoms with E-state index in [0.717, 1.165) is 21.8 Å². The van der Waals surface area contributed by atoms with Crippen LogP contribution in [0, 0.1) is 0 Å². The molecule has 0 aliphatic heterocycles. The molecule has 3 rings (SSSR count). The zero-order valence-corrected chi connectivity index (χ0v) is 13.2. The number of rotatable bonds is 5. The van der Waals surface area contributed by atoms with E-state index < -0.39 is 0 Å². The predicted octanol–water partition coefficient (Wildman–Crippen LogP) is 4.74. The minimum Gasteiger partial charge on any atom is -0.353 e. The number of benzene rings is 1. The maximum atomic E-state index is 4.59. The first-order valence-corrected chi connectivity index (χ1v) is 8.18. The highest BCUT2D eigenvalue weighted by Crippen LogP contribution is 2.39. The highest BCUT2D eigenvalue weighted by atomic mass is 79.9. The smallest absolute Gasteiger partial charge is 0.203 e. The Kier molecular flexibility index (Phi) is 3.84. The Balaban J connectivity index is 1.72. The van der Waals surface area contributed by atoms with Crippen molar-refractivity contribution >= 4 is 32.6 Å². The van der Waals surface area contributed by atoms with Gasteiger partial charge >= 0.3 is 0 Å². The molecular formula is C14H16BrN3S. The van der Waals surface area contributed by atoms with Gasteiger partial charge in [-0.15, -0.1) is 0 Å². The number of halogens is 1. The second-order valence-corrected chi connectivity index (χ2v) is 6.56. The van der Waals surface area contributed by atoms with Crippen LogP contribution in [0.5, 0.6) is 0 Å². The van der Waals surface area contributed by atoms with E-state index in [2.05, 4.69) is 61.8 Å². The van der Waals surface area contributed by atoms with E-state index in [1.54, 1.807) is 0 Å². The van der Waals surface area contributed by atoms with Crippen LogP contribution in [0.25, 0.3) is 0 Å². The highest BCUT2D eigenvalue weighted by Gasteiger charge is 2.28. The normalized spacial score (nSPS) is 16.3. The molecule has 1 heterocycles. The van der Waals surface area contributed by atoms with Crippen LogP contribution in [0.15, 0.2) is 28.7 Å². The first-order valence-electron chi connectivity index (χ1n) is 6.62. The molecule has 0 radical (unpaired) electrons. The molecule has 1 N–H and O–H groups in total. The lowest BCUT2D eigenvalue weighted by atomic mass is 10.1. The number of anilines is 1. The summed E-state index contributed by atoms with van der Waals surface area (Å²) in [5.41, 5.74) is 1.29. The van der Waals surface area contributed by atoms with Gasteiger partial charge in [-0.1, -0.05) is 35.0 Å². The Morgan fingerprint density at radius 2 is 2.11 bits per heavy atom. The summed E-state index contributed by atoms with van der Waals surface area (Å²) in [4.78, 5) is 4.59. The first-order chi connectivity index (χ1) is 9.26. The molecule has 1 aromatic heterocycles. The van der Waals surface area contributed by atoms with Gasteiger partial charge in [0.15, 0.2) is 0 Å². The third kappa shape index (κ3) is 3.15. The molecular weight excluding hydrogens is 322 g/mol. The summed E-state index contributed by atoms with van der Waals surface area (Å²) in [6.07, 6.45) is 3.53. The van der Waals surface area contributed by atoms with Crippen molar-refractivity contribution in [3.05, 3.63) is 40.1 Å². The average Bonchev–Trinajstić information content (AvgIpc) is 3.17. The van der Waals surface area contributed by atoms with Gasteiger partial charge in [0.1, 0.15) is 5.82 Å². The van der Waals surface area contributed by atoms with E-state index >= 15 is 0 Å². The van der Waals surface area contributed by atoms with E-state index in [1.807, 2.05) is 0 Å². The van der Waals surface area contributed by atoms with Crippen LogP contribution in [0.3, 0.4) is 0 Å². The van der Waals surface area contributed by atoms with Gasteiger partial charge in [0.05, 0.1) is 6.04 Å². The minimum absolute atomic E-state index is 0.299. The van der Waals surface area contributed by atoms with Crippen LogP contribution in [0.2, 0.25) is 0 Å². The van der Waals surface area contributed by atoms with Gasteiger partial charge in [-0.2, -0.15) is 4.37 Å². The number of hydrogen-bond acceptors (Lipinski definition) is 4. The van der Waals surface area contributed by atoms with Gasteiger partial charge in [-0.3, -0.25) is 0 Å². The lowest BCUT2D eigenvalue weighted by Gasteiger charge is -2.16. The maximum absolute atomic E-state index is 4.59. The van der Waals surface area contributed by atoms with Gasteiger partial charge < -0.3 is 5.32 Å².